The Morgan fingerprint density at radius 1 is 1.29 bits per heavy atom. The van der Waals surface area contributed by atoms with E-state index >= 15 is 0 Å². The van der Waals surface area contributed by atoms with Crippen LogP contribution < -0.4 is 11.1 Å². The van der Waals surface area contributed by atoms with Gasteiger partial charge in [0, 0.05) is 11.6 Å². The van der Waals surface area contributed by atoms with Crippen LogP contribution in [0.4, 0.5) is 0 Å². The van der Waals surface area contributed by atoms with Crippen molar-refractivity contribution in [1.29, 1.82) is 0 Å². The number of hydrogen-bond donors (Lipinski definition) is 2. The number of carbonyl (C=O) groups is 2. The third-order valence-electron chi connectivity index (χ3n) is 3.68. The molecular formula is C16H19N3O2. The van der Waals surface area contributed by atoms with Gasteiger partial charge in [0.05, 0.1) is 11.1 Å². The van der Waals surface area contributed by atoms with Gasteiger partial charge in [-0.3, -0.25) is 14.6 Å². The summed E-state index contributed by atoms with van der Waals surface area (Å²) in [5.74, 6) is -0.872. The van der Waals surface area contributed by atoms with Crippen LogP contribution in [0, 0.1) is 5.92 Å². The van der Waals surface area contributed by atoms with E-state index in [-0.39, 0.29) is 11.8 Å². The van der Waals surface area contributed by atoms with Crippen LogP contribution >= 0.6 is 0 Å². The van der Waals surface area contributed by atoms with Crippen molar-refractivity contribution in [3.05, 3.63) is 42.1 Å². The number of benzene rings is 1. The van der Waals surface area contributed by atoms with E-state index in [1.54, 1.807) is 18.3 Å². The van der Waals surface area contributed by atoms with Crippen LogP contribution in [0.2, 0.25) is 0 Å². The molecule has 0 fully saturated rings. The molecule has 2 aromatic rings. The topological polar surface area (TPSA) is 85.1 Å². The molecule has 0 bridgehead atoms. The van der Waals surface area contributed by atoms with E-state index < -0.39 is 11.9 Å². The molecule has 5 heteroatoms. The maximum Gasteiger partial charge on any atom is 0.254 e. The van der Waals surface area contributed by atoms with Crippen LogP contribution in [0.25, 0.3) is 10.9 Å². The van der Waals surface area contributed by atoms with Crippen molar-refractivity contribution in [2.75, 3.05) is 0 Å². The first kappa shape index (κ1) is 15.0. The minimum atomic E-state index is -0.679. The Kier molecular flexibility index (Phi) is 4.52. The van der Waals surface area contributed by atoms with Gasteiger partial charge in [0.15, 0.2) is 0 Å². The third-order valence-corrected chi connectivity index (χ3v) is 3.68. The highest BCUT2D eigenvalue weighted by atomic mass is 16.2. The Labute approximate surface area is 123 Å². The zero-order valence-corrected chi connectivity index (χ0v) is 12.2. The van der Waals surface area contributed by atoms with Gasteiger partial charge in [-0.1, -0.05) is 38.5 Å². The minimum Gasteiger partial charge on any atom is -0.368 e. The molecule has 5 nitrogen and oxygen atoms in total. The van der Waals surface area contributed by atoms with Crippen LogP contribution in [0.3, 0.4) is 0 Å². The van der Waals surface area contributed by atoms with Gasteiger partial charge in [0.1, 0.15) is 6.04 Å². The number of nitrogens with two attached hydrogens (primary N) is 1. The summed E-state index contributed by atoms with van der Waals surface area (Å²) in [4.78, 5) is 28.2. The molecule has 1 aromatic heterocycles. The van der Waals surface area contributed by atoms with Gasteiger partial charge in [0.2, 0.25) is 5.91 Å². The Bertz CT molecular complexity index is 664. The molecule has 1 heterocycles. The molecular weight excluding hydrogens is 266 g/mol. The summed E-state index contributed by atoms with van der Waals surface area (Å²) >= 11 is 0. The van der Waals surface area contributed by atoms with E-state index in [9.17, 15) is 9.59 Å². The maximum absolute atomic E-state index is 12.4. The molecule has 110 valence electrons. The quantitative estimate of drug-likeness (QED) is 0.879. The number of aromatic nitrogens is 1. The fraction of sp³-hybridized carbons (Fsp3) is 0.312. The highest BCUT2D eigenvalue weighted by Crippen LogP contribution is 2.16. The number of para-hydroxylation sites is 1. The normalized spacial score (nSPS) is 13.6. The second kappa shape index (κ2) is 6.35. The number of rotatable bonds is 5. The molecule has 0 aliphatic heterocycles. The molecule has 2 atom stereocenters. The molecule has 0 saturated carbocycles. The summed E-state index contributed by atoms with van der Waals surface area (Å²) in [6.07, 6.45) is 2.39. The molecule has 0 spiro atoms. The van der Waals surface area contributed by atoms with Crippen molar-refractivity contribution in [2.24, 2.45) is 11.7 Å². The summed E-state index contributed by atoms with van der Waals surface area (Å²) < 4.78 is 0. The number of nitrogens with one attached hydrogen (secondary N) is 1. The first-order valence-corrected chi connectivity index (χ1v) is 6.98. The molecule has 2 rings (SSSR count). The summed E-state index contributed by atoms with van der Waals surface area (Å²) in [5.41, 5.74) is 6.45. The Morgan fingerprint density at radius 2 is 2.00 bits per heavy atom. The zero-order chi connectivity index (χ0) is 15.4. The summed E-state index contributed by atoms with van der Waals surface area (Å²) in [5, 5.41) is 3.60. The Hall–Kier alpha value is -2.43. The summed E-state index contributed by atoms with van der Waals surface area (Å²) in [6.45, 7) is 3.84. The summed E-state index contributed by atoms with van der Waals surface area (Å²) in [7, 11) is 0. The number of hydrogen-bond acceptors (Lipinski definition) is 3. The number of carbonyl (C=O) groups excluding carboxylic acids is 2. The monoisotopic (exact) mass is 285 g/mol. The lowest BCUT2D eigenvalue weighted by atomic mass is 9.98. The van der Waals surface area contributed by atoms with Crippen LogP contribution in [0.1, 0.15) is 30.6 Å². The van der Waals surface area contributed by atoms with E-state index in [0.29, 0.717) is 11.1 Å². The van der Waals surface area contributed by atoms with Crippen LogP contribution in [-0.4, -0.2) is 22.8 Å². The van der Waals surface area contributed by atoms with E-state index in [2.05, 4.69) is 10.3 Å². The molecule has 3 N–H and O–H groups in total. The smallest absolute Gasteiger partial charge is 0.254 e. The lowest BCUT2D eigenvalue weighted by Crippen LogP contribution is -2.48. The standard InChI is InChI=1S/C16H19N3O2/c1-3-10(2)13(15(17)20)19-16(21)12-8-4-6-11-7-5-9-18-14(11)12/h4-10,13H,3H2,1-2H3,(H2,17,20)(H,19,21)/t10-,13-/m0/s1. The van der Waals surface area contributed by atoms with Crippen LogP contribution in [-0.2, 0) is 4.79 Å². The molecule has 0 aliphatic carbocycles. The number of fused-ring (bicyclic) bond motifs is 1. The van der Waals surface area contributed by atoms with Crippen molar-refractivity contribution in [3.8, 4) is 0 Å². The molecule has 0 unspecified atom stereocenters. The molecule has 1 aromatic carbocycles. The number of primary amides is 1. The van der Waals surface area contributed by atoms with Gasteiger partial charge in [-0.2, -0.15) is 0 Å². The highest BCUT2D eigenvalue weighted by Gasteiger charge is 2.24. The first-order chi connectivity index (χ1) is 10.0. The fourth-order valence-electron chi connectivity index (χ4n) is 2.24. The lowest BCUT2D eigenvalue weighted by Gasteiger charge is -2.21. The molecule has 2 amide bonds. The first-order valence-electron chi connectivity index (χ1n) is 6.98. The SMILES string of the molecule is CC[C@H](C)[C@H](NC(=O)c1cccc2cccnc12)C(N)=O. The Balaban J connectivity index is 2.32. The predicted molar refractivity (Wildman–Crippen MR) is 81.6 cm³/mol. The minimum absolute atomic E-state index is 0.0191. The van der Waals surface area contributed by atoms with Gasteiger partial charge in [0.25, 0.3) is 5.91 Å². The van der Waals surface area contributed by atoms with E-state index in [0.717, 1.165) is 11.8 Å². The second-order valence-corrected chi connectivity index (χ2v) is 5.12. The van der Waals surface area contributed by atoms with Gasteiger partial charge in [-0.25, -0.2) is 0 Å². The molecule has 0 radical (unpaired) electrons. The van der Waals surface area contributed by atoms with Crippen LogP contribution in [0.5, 0.6) is 0 Å². The van der Waals surface area contributed by atoms with Crippen molar-refractivity contribution < 1.29 is 9.59 Å². The highest BCUT2D eigenvalue weighted by molar-refractivity contribution is 6.06. The predicted octanol–water partition coefficient (Wildman–Crippen LogP) is 1.86. The zero-order valence-electron chi connectivity index (χ0n) is 12.2. The van der Waals surface area contributed by atoms with Gasteiger partial charge in [-0.15, -0.1) is 0 Å². The molecule has 0 saturated heterocycles. The Morgan fingerprint density at radius 3 is 2.67 bits per heavy atom. The van der Waals surface area contributed by atoms with E-state index in [1.807, 2.05) is 32.0 Å². The van der Waals surface area contributed by atoms with Crippen LogP contribution in [0.15, 0.2) is 36.5 Å². The average molecular weight is 285 g/mol. The van der Waals surface area contributed by atoms with Crippen molar-refractivity contribution in [3.63, 3.8) is 0 Å². The van der Waals surface area contributed by atoms with Gasteiger partial charge >= 0.3 is 0 Å². The average Bonchev–Trinajstić information content (AvgIpc) is 2.50. The number of amides is 2. The third kappa shape index (κ3) is 3.18. The number of nitrogens with zero attached hydrogens (tertiary/aromatic N) is 1. The largest absolute Gasteiger partial charge is 0.368 e. The molecule has 0 aliphatic rings. The fourth-order valence-corrected chi connectivity index (χ4v) is 2.24. The molecule has 21 heavy (non-hydrogen) atoms. The van der Waals surface area contributed by atoms with Crippen molar-refractivity contribution in [1.82, 2.24) is 10.3 Å². The van der Waals surface area contributed by atoms with E-state index in [4.69, 9.17) is 5.73 Å². The maximum atomic E-state index is 12.4. The van der Waals surface area contributed by atoms with E-state index in [1.165, 1.54) is 0 Å². The second-order valence-electron chi connectivity index (χ2n) is 5.12. The summed E-state index contributed by atoms with van der Waals surface area (Å²) in [6, 6.07) is 8.40. The van der Waals surface area contributed by atoms with Crippen molar-refractivity contribution in [2.45, 2.75) is 26.3 Å². The van der Waals surface area contributed by atoms with Crippen molar-refractivity contribution >= 4 is 22.7 Å². The number of pyridine rings is 1. The van der Waals surface area contributed by atoms with Gasteiger partial charge in [-0.05, 0) is 18.1 Å². The lowest BCUT2D eigenvalue weighted by molar-refractivity contribution is -0.120. The van der Waals surface area contributed by atoms with Gasteiger partial charge < -0.3 is 11.1 Å².